The van der Waals surface area contributed by atoms with E-state index in [-0.39, 0.29) is 51.0 Å². The molecule has 0 aromatic heterocycles. The van der Waals surface area contributed by atoms with Gasteiger partial charge in [-0.3, -0.25) is 0 Å². The van der Waals surface area contributed by atoms with E-state index in [1.165, 1.54) is 0 Å². The predicted octanol–water partition coefficient (Wildman–Crippen LogP) is 8.89. The molecule has 9 heteroatoms. The summed E-state index contributed by atoms with van der Waals surface area (Å²) in [6.45, 7) is 16.3. The molecule has 3 unspecified atom stereocenters. The molecule has 3 atom stereocenters. The molecule has 8 nitrogen and oxygen atoms in total. The predicted molar refractivity (Wildman–Crippen MR) is 215 cm³/mol. The summed E-state index contributed by atoms with van der Waals surface area (Å²) >= 11 is 0. The second kappa shape index (κ2) is 22.5. The topological polar surface area (TPSA) is 67.9 Å². The lowest BCUT2D eigenvalue weighted by atomic mass is 9.79. The number of methoxy groups -OCH3 is 2. The van der Waals surface area contributed by atoms with E-state index >= 15 is 0 Å². The normalized spacial score (nSPS) is 14.0. The van der Waals surface area contributed by atoms with Crippen molar-refractivity contribution in [3.05, 3.63) is 108 Å². The van der Waals surface area contributed by atoms with Crippen LogP contribution in [0.3, 0.4) is 0 Å². The Labute approximate surface area is 320 Å². The zero-order chi connectivity index (χ0) is 38.7. The zero-order valence-corrected chi connectivity index (χ0v) is 33.5. The molecule has 0 heterocycles. The van der Waals surface area contributed by atoms with Gasteiger partial charge in [-0.25, -0.2) is 4.67 Å². The van der Waals surface area contributed by atoms with Crippen LogP contribution >= 0.6 is 8.53 Å². The van der Waals surface area contributed by atoms with Gasteiger partial charge in [0.05, 0.1) is 59.3 Å². The molecule has 0 spiro atoms. The number of terminal acetylenes is 2. The Morgan fingerprint density at radius 1 is 0.717 bits per heavy atom. The van der Waals surface area contributed by atoms with E-state index in [0.717, 1.165) is 28.2 Å². The summed E-state index contributed by atoms with van der Waals surface area (Å²) in [6.07, 6.45) is 13.6. The fraction of sp³-hybridized carbons (Fsp3) is 0.455. The number of hydrogen-bond donors (Lipinski definition) is 0. The summed E-state index contributed by atoms with van der Waals surface area (Å²) in [7, 11) is 1.79. The average Bonchev–Trinajstić information content (AvgIpc) is 3.17. The SMILES string of the molecule is C#CCCOP(OCC(COCC#C)(COCC(C)C=C)COC(c1ccccc1)(c1ccc(OC)cc1)c1ccc(OC)cc1)N(C(C)C)C(C)C. The first-order chi connectivity index (χ1) is 25.6. The van der Waals surface area contributed by atoms with E-state index in [1.807, 2.05) is 72.8 Å². The molecule has 0 bridgehead atoms. The van der Waals surface area contributed by atoms with E-state index in [1.54, 1.807) is 14.2 Å². The van der Waals surface area contributed by atoms with E-state index in [0.29, 0.717) is 19.6 Å². The van der Waals surface area contributed by atoms with Crippen LogP contribution in [0.1, 0.15) is 57.7 Å². The molecule has 0 aliphatic rings. The van der Waals surface area contributed by atoms with Gasteiger partial charge >= 0.3 is 0 Å². The van der Waals surface area contributed by atoms with Crippen LogP contribution in [-0.4, -0.2) is 77.2 Å². The minimum Gasteiger partial charge on any atom is -0.497 e. The standard InChI is InChI=1S/C44H58NO7P/c1-11-14-29-51-53(45(35(4)5)36(6)7)52-34-43(31-48-28-12-2,32-49-30-37(8)13-3)33-50-44(38-18-16-15-17-19-38,39-20-24-41(46-9)25-21-39)40-22-26-42(47-10)27-23-40/h1-2,13,15-27,35-37H,3,14,28-34H2,4-10H3. The molecule has 0 N–H and O–H groups in total. The Morgan fingerprint density at radius 2 is 1.26 bits per heavy atom. The molecule has 3 aromatic carbocycles. The molecule has 286 valence electrons. The quantitative estimate of drug-likeness (QED) is 0.0281. The summed E-state index contributed by atoms with van der Waals surface area (Å²) in [5, 5.41) is 0. The highest BCUT2D eigenvalue weighted by molar-refractivity contribution is 7.44. The van der Waals surface area contributed by atoms with Crippen LogP contribution in [0.2, 0.25) is 0 Å². The smallest absolute Gasteiger partial charge is 0.259 e. The average molecular weight is 744 g/mol. The third-order valence-electron chi connectivity index (χ3n) is 8.73. The summed E-state index contributed by atoms with van der Waals surface area (Å²) in [5.74, 6) is 6.89. The van der Waals surface area contributed by atoms with Crippen LogP contribution < -0.4 is 9.47 Å². The van der Waals surface area contributed by atoms with E-state index in [2.05, 4.69) is 69.8 Å². The lowest BCUT2D eigenvalue weighted by Crippen LogP contribution is -2.46. The molecule has 0 saturated heterocycles. The van der Waals surface area contributed by atoms with Crippen molar-refractivity contribution in [1.29, 1.82) is 0 Å². The van der Waals surface area contributed by atoms with Crippen LogP contribution in [0, 0.1) is 36.0 Å². The van der Waals surface area contributed by atoms with E-state index < -0.39 is 19.5 Å². The second-order valence-electron chi connectivity index (χ2n) is 13.6. The van der Waals surface area contributed by atoms with Gasteiger partial charge in [0.2, 0.25) is 0 Å². The number of rotatable bonds is 25. The largest absolute Gasteiger partial charge is 0.497 e. The Balaban J connectivity index is 2.22. The summed E-state index contributed by atoms with van der Waals surface area (Å²) in [4.78, 5) is 0. The number of hydrogen-bond acceptors (Lipinski definition) is 8. The highest BCUT2D eigenvalue weighted by atomic mass is 31.2. The van der Waals surface area contributed by atoms with Crippen LogP contribution in [-0.2, 0) is 28.9 Å². The van der Waals surface area contributed by atoms with Crippen LogP contribution in [0.25, 0.3) is 0 Å². The van der Waals surface area contributed by atoms with Crippen molar-refractivity contribution in [1.82, 2.24) is 4.67 Å². The number of nitrogens with zero attached hydrogens (tertiary/aromatic N) is 1. The van der Waals surface area contributed by atoms with Gasteiger partial charge in [-0.2, -0.15) is 0 Å². The maximum Gasteiger partial charge on any atom is 0.259 e. The van der Waals surface area contributed by atoms with Crippen molar-refractivity contribution in [3.8, 4) is 36.2 Å². The van der Waals surface area contributed by atoms with Crippen LogP contribution in [0.4, 0.5) is 0 Å². The van der Waals surface area contributed by atoms with Crippen molar-refractivity contribution >= 4 is 8.53 Å². The van der Waals surface area contributed by atoms with Gasteiger partial charge in [-0.05, 0) is 74.6 Å². The molecule has 3 rings (SSSR count). The van der Waals surface area contributed by atoms with Crippen molar-refractivity contribution in [3.63, 3.8) is 0 Å². The van der Waals surface area contributed by atoms with Gasteiger partial charge in [-0.1, -0.05) is 73.5 Å². The second-order valence-corrected chi connectivity index (χ2v) is 15.0. The minimum atomic E-state index is -1.52. The fourth-order valence-electron chi connectivity index (χ4n) is 5.96. The van der Waals surface area contributed by atoms with Gasteiger partial charge in [0.25, 0.3) is 8.53 Å². The molecule has 3 aromatic rings. The molecule has 0 aliphatic carbocycles. The molecular weight excluding hydrogens is 685 g/mol. The molecule has 0 aliphatic heterocycles. The first-order valence-corrected chi connectivity index (χ1v) is 19.2. The highest BCUT2D eigenvalue weighted by Gasteiger charge is 2.43. The van der Waals surface area contributed by atoms with E-state index in [9.17, 15) is 0 Å². The summed E-state index contributed by atoms with van der Waals surface area (Å²) in [6, 6.07) is 26.4. The van der Waals surface area contributed by atoms with E-state index in [4.69, 9.17) is 45.6 Å². The minimum absolute atomic E-state index is 0.114. The first-order valence-electron chi connectivity index (χ1n) is 18.1. The monoisotopic (exact) mass is 743 g/mol. The Bertz CT molecular complexity index is 1510. The van der Waals surface area contributed by atoms with Crippen LogP contribution in [0.15, 0.2) is 91.5 Å². The third-order valence-corrected chi connectivity index (χ3v) is 10.8. The Hall–Kier alpha value is -3.69. The molecule has 0 fully saturated rings. The Morgan fingerprint density at radius 3 is 1.75 bits per heavy atom. The fourth-order valence-corrected chi connectivity index (χ4v) is 7.69. The van der Waals surface area contributed by atoms with Gasteiger partial charge in [-0.15, -0.1) is 25.3 Å². The molecule has 0 amide bonds. The number of benzene rings is 3. The lowest BCUT2D eigenvalue weighted by Gasteiger charge is -2.42. The highest BCUT2D eigenvalue weighted by Crippen LogP contribution is 2.48. The zero-order valence-electron chi connectivity index (χ0n) is 32.6. The Kier molecular flexibility index (Phi) is 18.6. The van der Waals surface area contributed by atoms with Crippen molar-refractivity contribution in [2.24, 2.45) is 11.3 Å². The van der Waals surface area contributed by atoms with Gasteiger partial charge in [0.15, 0.2) is 0 Å². The molecule has 0 saturated carbocycles. The molecule has 53 heavy (non-hydrogen) atoms. The molecule has 0 radical (unpaired) electrons. The first kappa shape index (κ1) is 43.7. The summed E-state index contributed by atoms with van der Waals surface area (Å²) in [5.41, 5.74) is 0.816. The summed E-state index contributed by atoms with van der Waals surface area (Å²) < 4.78 is 46.6. The van der Waals surface area contributed by atoms with Crippen LogP contribution in [0.5, 0.6) is 11.5 Å². The lowest BCUT2D eigenvalue weighted by molar-refractivity contribution is -0.116. The maximum atomic E-state index is 7.43. The maximum absolute atomic E-state index is 7.43. The van der Waals surface area contributed by atoms with Gasteiger partial charge in [0.1, 0.15) is 23.7 Å². The van der Waals surface area contributed by atoms with Crippen molar-refractivity contribution < 1.29 is 32.7 Å². The van der Waals surface area contributed by atoms with Crippen molar-refractivity contribution in [2.45, 2.75) is 58.7 Å². The van der Waals surface area contributed by atoms with Gasteiger partial charge in [0, 0.05) is 18.5 Å². The third kappa shape index (κ3) is 12.4. The molecular formula is C44H58NO7P. The van der Waals surface area contributed by atoms with Gasteiger partial charge < -0.3 is 32.7 Å². The number of ether oxygens (including phenoxy) is 5. The van der Waals surface area contributed by atoms with Crippen molar-refractivity contribution in [2.75, 3.05) is 60.5 Å².